The fourth-order valence-corrected chi connectivity index (χ4v) is 1.98. The first-order valence-electron chi connectivity index (χ1n) is 5.35. The van der Waals surface area contributed by atoms with Crippen LogP contribution in [0.25, 0.3) is 0 Å². The van der Waals surface area contributed by atoms with Gasteiger partial charge in [-0.25, -0.2) is 0 Å². The molecule has 6 heteroatoms. The monoisotopic (exact) mass is 259 g/mol. The van der Waals surface area contributed by atoms with Crippen LogP contribution in [0.5, 0.6) is 5.75 Å². The molecule has 2 rings (SSSR count). The van der Waals surface area contributed by atoms with Gasteiger partial charge >= 0.3 is 6.18 Å². The molecule has 0 fully saturated rings. The topological polar surface area (TPSA) is 29.5 Å². The number of para-hydroxylation sites is 1. The Labute approximate surface area is 102 Å². The minimum atomic E-state index is -4.63. The van der Waals surface area contributed by atoms with Crippen LogP contribution in [-0.2, 0) is 0 Å². The summed E-state index contributed by atoms with van der Waals surface area (Å²) in [5.41, 5.74) is -0.0158. The van der Waals surface area contributed by atoms with Crippen molar-refractivity contribution in [2.75, 3.05) is 14.1 Å². The van der Waals surface area contributed by atoms with Gasteiger partial charge in [0.1, 0.15) is 5.75 Å². The van der Waals surface area contributed by atoms with E-state index in [1.165, 1.54) is 37.2 Å². The summed E-state index contributed by atoms with van der Waals surface area (Å²) in [6.07, 6.45) is -5.95. The average molecular weight is 259 g/mol. The molecule has 2 atom stereocenters. The Bertz CT molecular complexity index is 471. The molecule has 18 heavy (non-hydrogen) atoms. The van der Waals surface area contributed by atoms with Crippen molar-refractivity contribution in [3.63, 3.8) is 0 Å². The van der Waals surface area contributed by atoms with Crippen LogP contribution in [0, 0.1) is 5.92 Å². The van der Waals surface area contributed by atoms with Gasteiger partial charge in [-0.05, 0) is 26.2 Å². The van der Waals surface area contributed by atoms with Crippen LogP contribution in [0.3, 0.4) is 0 Å². The van der Waals surface area contributed by atoms with E-state index in [1.807, 2.05) is 0 Å². The maximum absolute atomic E-state index is 13.0. The number of ether oxygens (including phenoxy) is 1. The van der Waals surface area contributed by atoms with E-state index in [4.69, 9.17) is 4.74 Å². The van der Waals surface area contributed by atoms with E-state index >= 15 is 0 Å². The summed E-state index contributed by atoms with van der Waals surface area (Å²) in [6, 6.07) is 5.98. The van der Waals surface area contributed by atoms with Crippen molar-refractivity contribution in [1.82, 2.24) is 4.90 Å². The van der Waals surface area contributed by atoms with E-state index in [1.54, 1.807) is 6.07 Å². The van der Waals surface area contributed by atoms with Crippen LogP contribution in [-0.4, -0.2) is 37.2 Å². The van der Waals surface area contributed by atoms with E-state index in [0.717, 1.165) is 0 Å². The molecule has 0 saturated carbocycles. The number of fused-ring (bicyclic) bond motifs is 1. The number of Topliss-reactive ketones (excluding diaryl/α,β-unsaturated/α-hetero) is 1. The van der Waals surface area contributed by atoms with E-state index in [2.05, 4.69) is 0 Å². The first-order chi connectivity index (χ1) is 8.32. The van der Waals surface area contributed by atoms with Gasteiger partial charge in [-0.3, -0.25) is 9.69 Å². The zero-order valence-corrected chi connectivity index (χ0v) is 9.86. The maximum atomic E-state index is 13.0. The van der Waals surface area contributed by atoms with Crippen molar-refractivity contribution >= 4 is 5.78 Å². The second-order valence-corrected chi connectivity index (χ2v) is 4.35. The van der Waals surface area contributed by atoms with E-state index in [9.17, 15) is 18.0 Å². The van der Waals surface area contributed by atoms with E-state index < -0.39 is 24.1 Å². The third-order valence-electron chi connectivity index (χ3n) is 2.83. The first kappa shape index (κ1) is 12.9. The van der Waals surface area contributed by atoms with Gasteiger partial charge < -0.3 is 4.74 Å². The van der Waals surface area contributed by atoms with Crippen LogP contribution in [0.4, 0.5) is 13.2 Å². The summed E-state index contributed by atoms with van der Waals surface area (Å²) < 4.78 is 44.2. The van der Waals surface area contributed by atoms with Gasteiger partial charge in [0.2, 0.25) is 0 Å². The molecule has 1 aliphatic rings. The zero-order chi connectivity index (χ0) is 13.5. The van der Waals surface area contributed by atoms with Gasteiger partial charge in [0.05, 0.1) is 5.56 Å². The highest BCUT2D eigenvalue weighted by Gasteiger charge is 2.54. The van der Waals surface area contributed by atoms with Gasteiger partial charge in [0.15, 0.2) is 17.9 Å². The van der Waals surface area contributed by atoms with Gasteiger partial charge in [0.25, 0.3) is 0 Å². The highest BCUT2D eigenvalue weighted by molar-refractivity contribution is 6.02. The molecular weight excluding hydrogens is 247 g/mol. The van der Waals surface area contributed by atoms with Gasteiger partial charge in [-0.2, -0.15) is 13.2 Å². The van der Waals surface area contributed by atoms with Crippen LogP contribution in [0.2, 0.25) is 0 Å². The number of nitrogens with zero attached hydrogens (tertiary/aromatic N) is 1. The van der Waals surface area contributed by atoms with Crippen LogP contribution in [0.15, 0.2) is 24.3 Å². The van der Waals surface area contributed by atoms with Crippen molar-refractivity contribution < 1.29 is 22.7 Å². The number of carbonyl (C=O) groups excluding carboxylic acids is 1. The molecule has 0 spiro atoms. The lowest BCUT2D eigenvalue weighted by molar-refractivity contribution is -0.198. The molecule has 1 aromatic rings. The fraction of sp³-hybridized carbons (Fsp3) is 0.417. The molecule has 0 amide bonds. The van der Waals surface area contributed by atoms with Gasteiger partial charge in [-0.15, -0.1) is 0 Å². The van der Waals surface area contributed by atoms with Crippen molar-refractivity contribution in [3.8, 4) is 5.75 Å². The molecular formula is C12H12F3NO2. The molecule has 98 valence electrons. The molecule has 0 aliphatic carbocycles. The van der Waals surface area contributed by atoms with E-state index in [0.29, 0.717) is 0 Å². The van der Waals surface area contributed by atoms with Crippen molar-refractivity contribution in [1.29, 1.82) is 0 Å². The number of rotatable bonds is 1. The van der Waals surface area contributed by atoms with Crippen molar-refractivity contribution in [2.45, 2.75) is 12.4 Å². The molecule has 0 bridgehead atoms. The number of ketones is 1. The Balaban J connectivity index is 2.50. The molecule has 0 N–H and O–H groups in total. The summed E-state index contributed by atoms with van der Waals surface area (Å²) in [5, 5.41) is 0. The van der Waals surface area contributed by atoms with Crippen molar-refractivity contribution in [3.05, 3.63) is 29.8 Å². The minimum absolute atomic E-state index is 0.0158. The Morgan fingerprint density at radius 3 is 2.39 bits per heavy atom. The number of alkyl halides is 3. The number of hydrogen-bond acceptors (Lipinski definition) is 3. The Hall–Kier alpha value is -1.56. The second kappa shape index (κ2) is 4.28. The third kappa shape index (κ3) is 2.08. The fourth-order valence-electron chi connectivity index (χ4n) is 1.98. The second-order valence-electron chi connectivity index (χ2n) is 4.35. The zero-order valence-electron chi connectivity index (χ0n) is 9.86. The highest BCUT2D eigenvalue weighted by Crippen LogP contribution is 2.39. The number of carbonyl (C=O) groups is 1. The summed E-state index contributed by atoms with van der Waals surface area (Å²) in [6.45, 7) is 0. The van der Waals surface area contributed by atoms with Crippen LogP contribution < -0.4 is 4.74 Å². The van der Waals surface area contributed by atoms with Crippen molar-refractivity contribution in [2.24, 2.45) is 5.92 Å². The average Bonchev–Trinajstić information content (AvgIpc) is 2.27. The SMILES string of the molecule is CN(C)[C@H]1Oc2ccccc2C(=O)[C@H]1C(F)(F)F. The largest absolute Gasteiger partial charge is 0.473 e. The Kier molecular flexibility index (Phi) is 3.06. The molecule has 0 aromatic heterocycles. The predicted octanol–water partition coefficient (Wildman–Crippen LogP) is 2.33. The molecule has 0 saturated heterocycles. The summed E-state index contributed by atoms with van der Waals surface area (Å²) in [5.74, 6) is -2.90. The number of halogens is 3. The first-order valence-corrected chi connectivity index (χ1v) is 5.35. The Morgan fingerprint density at radius 1 is 1.22 bits per heavy atom. The lowest BCUT2D eigenvalue weighted by Gasteiger charge is -2.36. The Morgan fingerprint density at radius 2 is 1.83 bits per heavy atom. The number of benzene rings is 1. The smallest absolute Gasteiger partial charge is 0.403 e. The summed E-state index contributed by atoms with van der Waals surface area (Å²) >= 11 is 0. The quantitative estimate of drug-likeness (QED) is 0.775. The van der Waals surface area contributed by atoms with E-state index in [-0.39, 0.29) is 11.3 Å². The van der Waals surface area contributed by atoms with Gasteiger partial charge in [0, 0.05) is 0 Å². The molecule has 0 radical (unpaired) electrons. The van der Waals surface area contributed by atoms with Crippen LogP contribution in [0.1, 0.15) is 10.4 Å². The number of hydrogen-bond donors (Lipinski definition) is 0. The summed E-state index contributed by atoms with van der Waals surface area (Å²) in [4.78, 5) is 13.2. The molecule has 0 unspecified atom stereocenters. The third-order valence-corrected chi connectivity index (χ3v) is 2.83. The lowest BCUT2D eigenvalue weighted by atomic mass is 9.91. The predicted molar refractivity (Wildman–Crippen MR) is 58.4 cm³/mol. The van der Waals surface area contributed by atoms with Gasteiger partial charge in [-0.1, -0.05) is 12.1 Å². The highest BCUT2D eigenvalue weighted by atomic mass is 19.4. The molecule has 3 nitrogen and oxygen atoms in total. The summed E-state index contributed by atoms with van der Waals surface area (Å²) in [7, 11) is 2.90. The standard InChI is InChI=1S/C12H12F3NO2/c1-16(2)11-9(12(13,14)15)10(17)7-5-3-4-6-8(7)18-11/h3-6,9,11H,1-2H3/t9-,11+/m1/s1. The lowest BCUT2D eigenvalue weighted by Crippen LogP contribution is -2.52. The normalized spacial score (nSPS) is 23.8. The minimum Gasteiger partial charge on any atom is -0.473 e. The molecule has 1 aliphatic heterocycles. The maximum Gasteiger partial charge on any atom is 0.403 e. The molecule has 1 aromatic carbocycles. The van der Waals surface area contributed by atoms with Crippen LogP contribution >= 0.6 is 0 Å². The molecule has 1 heterocycles.